The standard InChI is InChI=1S/C15H13BrClNO3/c16-9-12(11-4-2-1-3-5-11)10-21-15-8-13(17)6-7-14(15)18(19)20/h1-8,12H,9-10H2. The van der Waals surface area contributed by atoms with Crippen LogP contribution in [0, 0.1) is 10.1 Å². The molecule has 6 heteroatoms. The molecule has 0 N–H and O–H groups in total. The molecule has 0 aliphatic rings. The maximum Gasteiger partial charge on any atom is 0.311 e. The molecule has 1 unspecified atom stereocenters. The van der Waals surface area contributed by atoms with Crippen molar-refractivity contribution in [2.24, 2.45) is 0 Å². The molecular weight excluding hydrogens is 358 g/mol. The van der Waals surface area contributed by atoms with Crippen molar-refractivity contribution >= 4 is 33.2 Å². The van der Waals surface area contributed by atoms with Crippen LogP contribution in [-0.4, -0.2) is 16.9 Å². The molecule has 0 amide bonds. The van der Waals surface area contributed by atoms with Gasteiger partial charge in [-0.05, 0) is 11.6 Å². The molecule has 0 fully saturated rings. The first-order valence-electron chi connectivity index (χ1n) is 6.29. The van der Waals surface area contributed by atoms with Crippen molar-refractivity contribution in [3.8, 4) is 5.75 Å². The third-order valence-electron chi connectivity index (χ3n) is 3.02. The second-order valence-electron chi connectivity index (χ2n) is 4.44. The lowest BCUT2D eigenvalue weighted by Crippen LogP contribution is -2.12. The fourth-order valence-corrected chi connectivity index (χ4v) is 2.62. The first-order valence-corrected chi connectivity index (χ1v) is 7.79. The van der Waals surface area contributed by atoms with E-state index in [-0.39, 0.29) is 17.4 Å². The van der Waals surface area contributed by atoms with Gasteiger partial charge in [-0.25, -0.2) is 0 Å². The van der Waals surface area contributed by atoms with Gasteiger partial charge >= 0.3 is 5.69 Å². The van der Waals surface area contributed by atoms with E-state index in [9.17, 15) is 10.1 Å². The van der Waals surface area contributed by atoms with E-state index in [1.165, 1.54) is 18.2 Å². The highest BCUT2D eigenvalue weighted by Crippen LogP contribution is 2.31. The molecule has 1 atom stereocenters. The molecule has 2 aromatic carbocycles. The number of ether oxygens (including phenoxy) is 1. The summed E-state index contributed by atoms with van der Waals surface area (Å²) in [6.07, 6.45) is 0. The van der Waals surface area contributed by atoms with Gasteiger partial charge in [0, 0.05) is 28.4 Å². The lowest BCUT2D eigenvalue weighted by atomic mass is 10.0. The minimum atomic E-state index is -0.475. The molecule has 21 heavy (non-hydrogen) atoms. The van der Waals surface area contributed by atoms with Crippen LogP contribution in [0.4, 0.5) is 5.69 Å². The number of alkyl halides is 1. The van der Waals surface area contributed by atoms with Crippen molar-refractivity contribution < 1.29 is 9.66 Å². The number of hydrogen-bond donors (Lipinski definition) is 0. The second-order valence-corrected chi connectivity index (χ2v) is 5.53. The third kappa shape index (κ3) is 4.19. The summed E-state index contributed by atoms with van der Waals surface area (Å²) in [6.45, 7) is 0.330. The van der Waals surface area contributed by atoms with Crippen LogP contribution in [0.15, 0.2) is 48.5 Å². The van der Waals surface area contributed by atoms with Crippen molar-refractivity contribution in [1.29, 1.82) is 0 Å². The normalized spacial score (nSPS) is 11.9. The molecule has 0 bridgehead atoms. The highest BCUT2D eigenvalue weighted by molar-refractivity contribution is 9.09. The highest BCUT2D eigenvalue weighted by atomic mass is 79.9. The third-order valence-corrected chi connectivity index (χ3v) is 4.03. The summed E-state index contributed by atoms with van der Waals surface area (Å²) in [5.41, 5.74) is 1.03. The van der Waals surface area contributed by atoms with E-state index < -0.39 is 4.92 Å². The Bertz CT molecular complexity index is 622. The molecule has 0 aliphatic carbocycles. The zero-order valence-electron chi connectivity index (χ0n) is 11.0. The number of nitro groups is 1. The molecule has 110 valence electrons. The summed E-state index contributed by atoms with van der Waals surface area (Å²) in [6, 6.07) is 14.1. The Morgan fingerprint density at radius 2 is 1.95 bits per heavy atom. The van der Waals surface area contributed by atoms with Crippen molar-refractivity contribution in [1.82, 2.24) is 0 Å². The number of nitro benzene ring substituents is 1. The summed E-state index contributed by atoms with van der Waals surface area (Å²) in [5.74, 6) is 0.291. The minimum Gasteiger partial charge on any atom is -0.486 e. The summed E-state index contributed by atoms with van der Waals surface area (Å²) in [5, 5.41) is 12.1. The molecule has 0 aliphatic heterocycles. The van der Waals surface area contributed by atoms with E-state index in [0.29, 0.717) is 17.0 Å². The maximum absolute atomic E-state index is 11.0. The van der Waals surface area contributed by atoms with E-state index in [1.807, 2.05) is 30.3 Å². The van der Waals surface area contributed by atoms with Gasteiger partial charge in [0.05, 0.1) is 11.5 Å². The Morgan fingerprint density at radius 1 is 1.24 bits per heavy atom. The van der Waals surface area contributed by atoms with Crippen molar-refractivity contribution in [3.63, 3.8) is 0 Å². The van der Waals surface area contributed by atoms with Gasteiger partial charge in [0.2, 0.25) is 0 Å². The Hall–Kier alpha value is -1.59. The number of benzene rings is 2. The lowest BCUT2D eigenvalue weighted by Gasteiger charge is -2.15. The van der Waals surface area contributed by atoms with Crippen LogP contribution in [0.1, 0.15) is 11.5 Å². The quantitative estimate of drug-likeness (QED) is 0.417. The topological polar surface area (TPSA) is 52.4 Å². The van der Waals surface area contributed by atoms with E-state index >= 15 is 0 Å². The molecule has 0 aromatic heterocycles. The summed E-state index contributed by atoms with van der Waals surface area (Å²) >= 11 is 9.32. The van der Waals surface area contributed by atoms with Gasteiger partial charge < -0.3 is 4.74 Å². The minimum absolute atomic E-state index is 0.0826. The van der Waals surface area contributed by atoms with E-state index in [4.69, 9.17) is 16.3 Å². The molecular formula is C15H13BrClNO3. The molecule has 0 heterocycles. The fraction of sp³-hybridized carbons (Fsp3) is 0.200. The fourth-order valence-electron chi connectivity index (χ4n) is 1.90. The number of halogens is 2. The molecule has 4 nitrogen and oxygen atoms in total. The van der Waals surface area contributed by atoms with Crippen LogP contribution in [0.3, 0.4) is 0 Å². The van der Waals surface area contributed by atoms with Crippen molar-refractivity contribution in [3.05, 3.63) is 69.2 Å². The van der Waals surface area contributed by atoms with Gasteiger partial charge in [0.25, 0.3) is 0 Å². The van der Waals surface area contributed by atoms with Crippen LogP contribution in [0.2, 0.25) is 5.02 Å². The Morgan fingerprint density at radius 3 is 2.57 bits per heavy atom. The zero-order chi connectivity index (χ0) is 15.2. The summed E-state index contributed by atoms with van der Waals surface area (Å²) in [4.78, 5) is 10.5. The van der Waals surface area contributed by atoms with Crippen molar-refractivity contribution in [2.45, 2.75) is 5.92 Å². The van der Waals surface area contributed by atoms with E-state index in [2.05, 4.69) is 15.9 Å². The molecule has 0 spiro atoms. The Kier molecular flexibility index (Phi) is 5.59. The zero-order valence-corrected chi connectivity index (χ0v) is 13.4. The predicted octanol–water partition coefficient (Wildman–Crippen LogP) is 4.81. The second kappa shape index (κ2) is 7.43. The number of nitrogens with zero attached hydrogens (tertiary/aromatic N) is 1. The van der Waals surface area contributed by atoms with E-state index in [1.54, 1.807) is 0 Å². The summed E-state index contributed by atoms with van der Waals surface area (Å²) < 4.78 is 5.63. The molecule has 0 saturated carbocycles. The Balaban J connectivity index is 2.15. The SMILES string of the molecule is O=[N+]([O-])c1ccc(Cl)cc1OCC(CBr)c1ccccc1. The van der Waals surface area contributed by atoms with E-state index in [0.717, 1.165) is 5.56 Å². The van der Waals surface area contributed by atoms with Gasteiger partial charge in [0.15, 0.2) is 5.75 Å². The van der Waals surface area contributed by atoms with Gasteiger partial charge in [-0.1, -0.05) is 57.9 Å². The van der Waals surface area contributed by atoms with Crippen LogP contribution in [0.5, 0.6) is 5.75 Å². The highest BCUT2D eigenvalue weighted by Gasteiger charge is 2.18. The molecule has 2 aromatic rings. The van der Waals surface area contributed by atoms with Crippen LogP contribution in [-0.2, 0) is 0 Å². The summed E-state index contributed by atoms with van der Waals surface area (Å²) in [7, 11) is 0. The maximum atomic E-state index is 11.0. The van der Waals surface area contributed by atoms with Gasteiger partial charge in [-0.15, -0.1) is 0 Å². The van der Waals surface area contributed by atoms with Crippen molar-refractivity contribution in [2.75, 3.05) is 11.9 Å². The van der Waals surface area contributed by atoms with Gasteiger partial charge in [0.1, 0.15) is 0 Å². The largest absolute Gasteiger partial charge is 0.486 e. The lowest BCUT2D eigenvalue weighted by molar-refractivity contribution is -0.385. The molecule has 0 saturated heterocycles. The monoisotopic (exact) mass is 369 g/mol. The Labute approximate surface area is 136 Å². The van der Waals surface area contributed by atoms with Crippen LogP contribution >= 0.6 is 27.5 Å². The first-order chi connectivity index (χ1) is 10.1. The molecule has 2 rings (SSSR count). The first kappa shape index (κ1) is 15.8. The average Bonchev–Trinajstić information content (AvgIpc) is 2.48. The molecule has 0 radical (unpaired) electrons. The predicted molar refractivity (Wildman–Crippen MR) is 86.6 cm³/mol. The average molecular weight is 371 g/mol. The van der Waals surface area contributed by atoms with Crippen LogP contribution < -0.4 is 4.74 Å². The van der Waals surface area contributed by atoms with Gasteiger partial charge in [-0.2, -0.15) is 0 Å². The number of hydrogen-bond acceptors (Lipinski definition) is 3. The van der Waals surface area contributed by atoms with Crippen LogP contribution in [0.25, 0.3) is 0 Å². The number of rotatable bonds is 6. The van der Waals surface area contributed by atoms with Gasteiger partial charge in [-0.3, -0.25) is 10.1 Å². The smallest absolute Gasteiger partial charge is 0.311 e.